The Hall–Kier alpha value is -3.06. The maximum absolute atomic E-state index is 5.93. The highest BCUT2D eigenvalue weighted by Crippen LogP contribution is 2.37. The molecule has 7 nitrogen and oxygen atoms in total. The van der Waals surface area contributed by atoms with E-state index in [0.717, 1.165) is 72.9 Å². The van der Waals surface area contributed by atoms with Crippen LogP contribution in [0.3, 0.4) is 0 Å². The van der Waals surface area contributed by atoms with Crippen molar-refractivity contribution in [3.63, 3.8) is 0 Å². The van der Waals surface area contributed by atoms with E-state index in [0.29, 0.717) is 6.54 Å². The summed E-state index contributed by atoms with van der Waals surface area (Å²) in [4.78, 5) is 16.3. The summed E-state index contributed by atoms with van der Waals surface area (Å²) in [6.07, 6.45) is 9.03. The molecule has 3 aliphatic heterocycles. The molecule has 2 saturated heterocycles. The number of ether oxygens (including phenoxy) is 1. The van der Waals surface area contributed by atoms with Gasteiger partial charge in [-0.15, -0.1) is 0 Å². The Bertz CT molecular complexity index is 1150. The number of hydrogen-bond donors (Lipinski definition) is 0. The van der Waals surface area contributed by atoms with E-state index in [9.17, 15) is 0 Å². The second-order valence-electron chi connectivity index (χ2n) is 8.51. The van der Waals surface area contributed by atoms with Crippen LogP contribution in [-0.2, 0) is 18.3 Å². The normalized spacial score (nSPS) is 22.7. The van der Waals surface area contributed by atoms with Gasteiger partial charge in [-0.1, -0.05) is 12.1 Å². The minimum Gasteiger partial charge on any atom is -0.373 e. The Morgan fingerprint density at radius 3 is 2.83 bits per heavy atom. The molecule has 3 aromatic rings. The van der Waals surface area contributed by atoms with Crippen LogP contribution in [0.25, 0.3) is 11.1 Å². The Morgan fingerprint density at radius 2 is 2.03 bits per heavy atom. The molecule has 0 N–H and O–H groups in total. The average molecular weight is 400 g/mol. The van der Waals surface area contributed by atoms with Gasteiger partial charge in [0.2, 0.25) is 0 Å². The van der Waals surface area contributed by atoms with Gasteiger partial charge in [0.25, 0.3) is 0 Å². The topological polar surface area (TPSA) is 68.4 Å². The maximum Gasteiger partial charge on any atom is 0.132 e. The lowest BCUT2D eigenvalue weighted by atomic mass is 9.86. The van der Waals surface area contributed by atoms with Crippen molar-refractivity contribution in [2.75, 3.05) is 24.6 Å². The molecule has 152 valence electrons. The lowest BCUT2D eigenvalue weighted by molar-refractivity contribution is -0.151. The van der Waals surface area contributed by atoms with Gasteiger partial charge >= 0.3 is 0 Å². The molecule has 6 rings (SSSR count). The summed E-state index contributed by atoms with van der Waals surface area (Å²) in [6.45, 7) is 3.50. The lowest BCUT2D eigenvalue weighted by Gasteiger charge is -2.48. The van der Waals surface area contributed by atoms with Gasteiger partial charge in [0.05, 0.1) is 36.4 Å². The SMILES string of the molecule is Cn1cc(-c2ccc3c(c2)C(c2cc(N4CCCC5(CCO5)C4)ncn2)=NC3)cn1. The smallest absolute Gasteiger partial charge is 0.132 e. The van der Waals surface area contributed by atoms with E-state index >= 15 is 0 Å². The van der Waals surface area contributed by atoms with E-state index in [1.54, 1.807) is 6.33 Å². The maximum atomic E-state index is 5.93. The fourth-order valence-corrected chi connectivity index (χ4v) is 4.81. The number of hydrogen-bond acceptors (Lipinski definition) is 6. The van der Waals surface area contributed by atoms with Gasteiger partial charge in [-0.25, -0.2) is 9.97 Å². The van der Waals surface area contributed by atoms with E-state index in [1.165, 1.54) is 5.56 Å². The quantitative estimate of drug-likeness (QED) is 0.676. The summed E-state index contributed by atoms with van der Waals surface area (Å²) in [5.41, 5.74) is 6.51. The molecule has 0 bridgehead atoms. The molecule has 1 atom stereocenters. The van der Waals surface area contributed by atoms with Crippen molar-refractivity contribution in [2.45, 2.75) is 31.4 Å². The highest BCUT2D eigenvalue weighted by molar-refractivity contribution is 6.14. The van der Waals surface area contributed by atoms with E-state index in [4.69, 9.17) is 9.73 Å². The number of benzene rings is 1. The van der Waals surface area contributed by atoms with Crippen molar-refractivity contribution in [3.8, 4) is 11.1 Å². The largest absolute Gasteiger partial charge is 0.373 e. The molecule has 0 saturated carbocycles. The first kappa shape index (κ1) is 17.8. The summed E-state index contributed by atoms with van der Waals surface area (Å²) in [6, 6.07) is 8.60. The number of aryl methyl sites for hydroxylation is 1. The van der Waals surface area contributed by atoms with Gasteiger partial charge < -0.3 is 9.64 Å². The third-order valence-corrected chi connectivity index (χ3v) is 6.54. The molecule has 1 unspecified atom stereocenters. The van der Waals surface area contributed by atoms with Gasteiger partial charge in [-0.3, -0.25) is 9.67 Å². The molecule has 1 aromatic carbocycles. The lowest BCUT2D eigenvalue weighted by Crippen LogP contribution is -2.56. The van der Waals surface area contributed by atoms with Gasteiger partial charge in [-0.05, 0) is 30.0 Å². The highest BCUT2D eigenvalue weighted by Gasteiger charge is 2.42. The molecular weight excluding hydrogens is 376 g/mol. The minimum absolute atomic E-state index is 0.0411. The molecule has 2 fully saturated rings. The Kier molecular flexibility index (Phi) is 3.99. The Morgan fingerprint density at radius 1 is 1.10 bits per heavy atom. The summed E-state index contributed by atoms with van der Waals surface area (Å²) in [5, 5.41) is 4.30. The Balaban J connectivity index is 1.32. The molecule has 0 amide bonds. The number of aliphatic imine (C=N–C) groups is 1. The fraction of sp³-hybridized carbons (Fsp3) is 0.391. The van der Waals surface area contributed by atoms with E-state index in [1.807, 2.05) is 24.1 Å². The van der Waals surface area contributed by atoms with Gasteiger partial charge in [-0.2, -0.15) is 5.10 Å². The third kappa shape index (κ3) is 2.92. The fourth-order valence-electron chi connectivity index (χ4n) is 4.81. The van der Waals surface area contributed by atoms with Crippen LogP contribution in [0.15, 0.2) is 48.0 Å². The second kappa shape index (κ2) is 6.74. The number of fused-ring (bicyclic) bond motifs is 1. The molecule has 30 heavy (non-hydrogen) atoms. The van der Waals surface area contributed by atoms with Crippen LogP contribution in [0.2, 0.25) is 0 Å². The summed E-state index contributed by atoms with van der Waals surface area (Å²) < 4.78 is 7.75. The zero-order valence-corrected chi connectivity index (χ0v) is 17.1. The first-order valence-corrected chi connectivity index (χ1v) is 10.6. The highest BCUT2D eigenvalue weighted by atomic mass is 16.5. The van der Waals surface area contributed by atoms with E-state index in [-0.39, 0.29) is 5.60 Å². The number of nitrogens with zero attached hydrogens (tertiary/aromatic N) is 6. The van der Waals surface area contributed by atoms with Gasteiger partial charge in [0.15, 0.2) is 0 Å². The van der Waals surface area contributed by atoms with Crippen LogP contribution in [0, 0.1) is 0 Å². The molecule has 0 radical (unpaired) electrons. The van der Waals surface area contributed by atoms with E-state index in [2.05, 4.69) is 44.2 Å². The molecule has 3 aliphatic rings. The van der Waals surface area contributed by atoms with Crippen LogP contribution >= 0.6 is 0 Å². The van der Waals surface area contributed by atoms with Crippen molar-refractivity contribution in [3.05, 3.63) is 59.8 Å². The monoisotopic (exact) mass is 400 g/mol. The number of rotatable bonds is 3. The third-order valence-electron chi connectivity index (χ3n) is 6.54. The summed E-state index contributed by atoms with van der Waals surface area (Å²) in [7, 11) is 1.94. The van der Waals surface area contributed by atoms with Gasteiger partial charge in [0.1, 0.15) is 12.1 Å². The van der Waals surface area contributed by atoms with E-state index < -0.39 is 0 Å². The average Bonchev–Trinajstić information content (AvgIpc) is 3.38. The zero-order chi connectivity index (χ0) is 20.1. The predicted octanol–water partition coefficient (Wildman–Crippen LogP) is 2.99. The van der Waals surface area contributed by atoms with Crippen LogP contribution in [-0.4, -0.2) is 50.8 Å². The second-order valence-corrected chi connectivity index (χ2v) is 8.51. The van der Waals surface area contributed by atoms with Crippen molar-refractivity contribution < 1.29 is 4.74 Å². The van der Waals surface area contributed by atoms with Crippen molar-refractivity contribution in [1.82, 2.24) is 19.7 Å². The Labute approximate surface area is 175 Å². The molecule has 1 spiro atoms. The number of aromatic nitrogens is 4. The molecule has 0 aliphatic carbocycles. The first-order valence-electron chi connectivity index (χ1n) is 10.6. The van der Waals surface area contributed by atoms with Crippen LogP contribution in [0.5, 0.6) is 0 Å². The first-order chi connectivity index (χ1) is 14.7. The molecule has 5 heterocycles. The number of piperidine rings is 1. The molecule has 7 heteroatoms. The molecular formula is C23H24N6O. The summed E-state index contributed by atoms with van der Waals surface area (Å²) in [5.74, 6) is 0.967. The minimum atomic E-state index is 0.0411. The zero-order valence-electron chi connectivity index (χ0n) is 17.1. The van der Waals surface area contributed by atoms with Gasteiger partial charge in [0, 0.05) is 49.9 Å². The predicted molar refractivity (Wildman–Crippen MR) is 115 cm³/mol. The van der Waals surface area contributed by atoms with Crippen LogP contribution < -0.4 is 4.90 Å². The number of anilines is 1. The van der Waals surface area contributed by atoms with Crippen LogP contribution in [0.4, 0.5) is 5.82 Å². The standard InChI is InChI=1S/C23H24N6O/c1-28-13-18(12-27-28)16-3-4-17-11-24-22(19(17)9-16)20-10-21(26-15-25-20)29-7-2-5-23(14-29)6-8-30-23/h3-4,9-10,12-13,15H,2,5-8,11,14H2,1H3. The van der Waals surface area contributed by atoms with Crippen molar-refractivity contribution in [2.24, 2.45) is 12.0 Å². The summed E-state index contributed by atoms with van der Waals surface area (Å²) >= 11 is 0. The van der Waals surface area contributed by atoms with Crippen molar-refractivity contribution in [1.29, 1.82) is 0 Å². The van der Waals surface area contributed by atoms with Crippen molar-refractivity contribution >= 4 is 11.5 Å². The molecule has 2 aromatic heterocycles. The van der Waals surface area contributed by atoms with Crippen LogP contribution in [0.1, 0.15) is 36.1 Å².